The lowest BCUT2D eigenvalue weighted by molar-refractivity contribution is -0.384. The van der Waals surface area contributed by atoms with Crippen LogP contribution < -0.4 is 5.32 Å². The Morgan fingerprint density at radius 3 is 2.22 bits per heavy atom. The lowest BCUT2D eigenvalue weighted by atomic mass is 10.0. The molecule has 1 N–H and O–H groups in total. The van der Waals surface area contributed by atoms with E-state index in [4.69, 9.17) is 0 Å². The average Bonchev–Trinajstić information content (AvgIpc) is 2.63. The molecule has 0 aromatic heterocycles. The van der Waals surface area contributed by atoms with Gasteiger partial charge in [-0.2, -0.15) is 0 Å². The van der Waals surface area contributed by atoms with Crippen LogP contribution in [0.5, 0.6) is 0 Å². The average molecular weight is 360 g/mol. The van der Waals surface area contributed by atoms with Crippen LogP contribution >= 0.6 is 22.6 Å². The van der Waals surface area contributed by atoms with Crippen LogP contribution in [0.1, 0.15) is 27.7 Å². The highest BCUT2D eigenvalue weighted by atomic mass is 127. The van der Waals surface area contributed by atoms with E-state index >= 15 is 0 Å². The zero-order valence-electron chi connectivity index (χ0n) is 11.0. The Balaban J connectivity index is 2.20. The number of anilines is 1. The van der Waals surface area contributed by atoms with Gasteiger partial charge in [-0.25, -0.2) is 0 Å². The molecule has 1 aromatic rings. The Kier molecular flexibility index (Phi) is 3.08. The Hall–Kier alpha value is -0.850. The summed E-state index contributed by atoms with van der Waals surface area (Å²) in [4.78, 5) is 10.3. The van der Waals surface area contributed by atoms with Gasteiger partial charge in [0, 0.05) is 27.4 Å². The third kappa shape index (κ3) is 1.98. The second-order valence-corrected chi connectivity index (χ2v) is 7.10. The first-order valence-electron chi connectivity index (χ1n) is 5.88. The lowest BCUT2D eigenvalue weighted by Crippen LogP contribution is -2.11. The van der Waals surface area contributed by atoms with Crippen LogP contribution in [0, 0.1) is 24.5 Å². The number of hydrogen-bond acceptors (Lipinski definition) is 3. The highest BCUT2D eigenvalue weighted by Crippen LogP contribution is 2.63. The fraction of sp³-hybridized carbons (Fsp3) is 0.538. The normalized spacial score (nSPS) is 20.5. The highest BCUT2D eigenvalue weighted by molar-refractivity contribution is 14.1. The van der Waals surface area contributed by atoms with Crippen molar-refractivity contribution in [3.63, 3.8) is 0 Å². The zero-order chi connectivity index (χ0) is 13.7. The highest BCUT2D eigenvalue weighted by Gasteiger charge is 2.64. The fourth-order valence-electron chi connectivity index (χ4n) is 2.45. The predicted molar refractivity (Wildman–Crippen MR) is 80.8 cm³/mol. The van der Waals surface area contributed by atoms with Crippen molar-refractivity contribution in [2.45, 2.75) is 33.7 Å². The minimum atomic E-state index is -0.364. The second kappa shape index (κ2) is 4.08. The monoisotopic (exact) mass is 360 g/mol. The van der Waals surface area contributed by atoms with Crippen LogP contribution in [0.4, 0.5) is 11.4 Å². The SMILES string of the molecule is CC1(C)C(Nc2ccc([N+](=O)[O-])cc2I)C1(C)C. The van der Waals surface area contributed by atoms with E-state index in [-0.39, 0.29) is 21.4 Å². The van der Waals surface area contributed by atoms with Crippen LogP contribution in [-0.4, -0.2) is 11.0 Å². The number of nitro benzene ring substituents is 1. The zero-order valence-corrected chi connectivity index (χ0v) is 13.1. The van der Waals surface area contributed by atoms with E-state index in [9.17, 15) is 10.1 Å². The van der Waals surface area contributed by atoms with E-state index in [0.717, 1.165) is 9.26 Å². The standard InChI is InChI=1S/C13H17IN2O2/c1-12(2)11(13(12,3)4)15-10-6-5-8(16(17)18)7-9(10)14/h5-7,11,15H,1-4H3. The topological polar surface area (TPSA) is 55.2 Å². The van der Waals surface area contributed by atoms with Gasteiger partial charge in [-0.05, 0) is 39.5 Å². The summed E-state index contributed by atoms with van der Waals surface area (Å²) in [6.45, 7) is 8.96. The first kappa shape index (κ1) is 13.6. The minimum Gasteiger partial charge on any atom is -0.380 e. The number of hydrogen-bond donors (Lipinski definition) is 1. The lowest BCUT2D eigenvalue weighted by Gasteiger charge is -2.10. The first-order valence-corrected chi connectivity index (χ1v) is 6.96. The summed E-state index contributed by atoms with van der Waals surface area (Å²) in [5.74, 6) is 0. The van der Waals surface area contributed by atoms with E-state index in [0.29, 0.717) is 6.04 Å². The van der Waals surface area contributed by atoms with Crippen molar-refractivity contribution in [3.8, 4) is 0 Å². The van der Waals surface area contributed by atoms with Crippen molar-refractivity contribution in [2.24, 2.45) is 10.8 Å². The molecule has 0 spiro atoms. The van der Waals surface area contributed by atoms with Crippen LogP contribution in [-0.2, 0) is 0 Å². The molecular weight excluding hydrogens is 343 g/mol. The molecule has 0 atom stereocenters. The van der Waals surface area contributed by atoms with E-state index < -0.39 is 0 Å². The summed E-state index contributed by atoms with van der Waals surface area (Å²) in [6, 6.07) is 5.35. The Labute approximate surface area is 120 Å². The molecule has 0 unspecified atom stereocenters. The quantitative estimate of drug-likeness (QED) is 0.503. The number of nitro groups is 1. The van der Waals surface area contributed by atoms with E-state index in [2.05, 4.69) is 55.6 Å². The molecular formula is C13H17IN2O2. The number of rotatable bonds is 3. The van der Waals surface area contributed by atoms with Crippen molar-refractivity contribution in [3.05, 3.63) is 31.9 Å². The van der Waals surface area contributed by atoms with Crippen LogP contribution in [0.2, 0.25) is 0 Å². The summed E-state index contributed by atoms with van der Waals surface area (Å²) in [5, 5.41) is 14.2. The number of non-ortho nitro benzene ring substituents is 1. The van der Waals surface area contributed by atoms with Gasteiger partial charge in [-0.1, -0.05) is 27.7 Å². The van der Waals surface area contributed by atoms with Gasteiger partial charge in [-0.3, -0.25) is 10.1 Å². The van der Waals surface area contributed by atoms with Gasteiger partial charge in [0.25, 0.3) is 5.69 Å². The van der Waals surface area contributed by atoms with Crippen molar-refractivity contribution in [1.82, 2.24) is 0 Å². The number of halogens is 1. The maximum atomic E-state index is 10.7. The molecule has 0 saturated heterocycles. The maximum Gasteiger partial charge on any atom is 0.270 e. The van der Waals surface area contributed by atoms with Gasteiger partial charge in [0.05, 0.1) is 4.92 Å². The maximum absolute atomic E-state index is 10.7. The van der Waals surface area contributed by atoms with Crippen LogP contribution in [0.15, 0.2) is 18.2 Å². The summed E-state index contributed by atoms with van der Waals surface area (Å²) >= 11 is 2.14. The van der Waals surface area contributed by atoms with Gasteiger partial charge in [0.1, 0.15) is 0 Å². The molecule has 18 heavy (non-hydrogen) atoms. The molecule has 0 heterocycles. The number of nitrogens with one attached hydrogen (secondary N) is 1. The number of nitrogens with zero attached hydrogens (tertiary/aromatic N) is 1. The molecule has 5 heteroatoms. The Morgan fingerprint density at radius 2 is 1.83 bits per heavy atom. The van der Waals surface area contributed by atoms with E-state index in [1.54, 1.807) is 18.2 Å². The molecule has 98 valence electrons. The summed E-state index contributed by atoms with van der Waals surface area (Å²) in [7, 11) is 0. The summed E-state index contributed by atoms with van der Waals surface area (Å²) < 4.78 is 0.889. The molecule has 1 aliphatic rings. The molecule has 0 amide bonds. The molecule has 1 fully saturated rings. The summed E-state index contributed by atoms with van der Waals surface area (Å²) in [5.41, 5.74) is 1.61. The van der Waals surface area contributed by atoms with Crippen molar-refractivity contribution in [2.75, 3.05) is 5.32 Å². The van der Waals surface area contributed by atoms with Gasteiger partial charge >= 0.3 is 0 Å². The van der Waals surface area contributed by atoms with E-state index in [1.165, 1.54) is 0 Å². The van der Waals surface area contributed by atoms with Gasteiger partial charge < -0.3 is 5.32 Å². The minimum absolute atomic E-state index is 0.138. The summed E-state index contributed by atoms with van der Waals surface area (Å²) in [6.07, 6.45) is 0. The van der Waals surface area contributed by atoms with Gasteiger partial charge in [-0.15, -0.1) is 0 Å². The van der Waals surface area contributed by atoms with Gasteiger partial charge in [0.15, 0.2) is 0 Å². The third-order valence-electron chi connectivity index (χ3n) is 4.48. The molecule has 1 aromatic carbocycles. The van der Waals surface area contributed by atoms with Gasteiger partial charge in [0.2, 0.25) is 0 Å². The van der Waals surface area contributed by atoms with Crippen molar-refractivity contribution >= 4 is 34.0 Å². The molecule has 0 radical (unpaired) electrons. The van der Waals surface area contributed by atoms with Crippen LogP contribution in [0.25, 0.3) is 0 Å². The number of benzene rings is 1. The Bertz CT molecular complexity index is 498. The Morgan fingerprint density at radius 1 is 1.28 bits per heavy atom. The molecule has 4 nitrogen and oxygen atoms in total. The molecule has 1 saturated carbocycles. The molecule has 2 rings (SSSR count). The van der Waals surface area contributed by atoms with Crippen LogP contribution in [0.3, 0.4) is 0 Å². The van der Waals surface area contributed by atoms with Crippen molar-refractivity contribution in [1.29, 1.82) is 0 Å². The smallest absolute Gasteiger partial charge is 0.270 e. The fourth-order valence-corrected chi connectivity index (χ4v) is 3.10. The second-order valence-electron chi connectivity index (χ2n) is 5.94. The molecule has 1 aliphatic carbocycles. The molecule has 0 aliphatic heterocycles. The predicted octanol–water partition coefficient (Wildman–Crippen LogP) is 4.05. The first-order chi connectivity index (χ1) is 8.18. The largest absolute Gasteiger partial charge is 0.380 e. The third-order valence-corrected chi connectivity index (χ3v) is 5.38. The molecule has 0 bridgehead atoms. The van der Waals surface area contributed by atoms with E-state index in [1.807, 2.05) is 0 Å². The van der Waals surface area contributed by atoms with Crippen molar-refractivity contribution < 1.29 is 4.92 Å².